The van der Waals surface area contributed by atoms with Crippen LogP contribution in [0.25, 0.3) is 0 Å². The molecule has 0 aromatic heterocycles. The Kier molecular flexibility index (Phi) is 6.42. The zero-order valence-electron chi connectivity index (χ0n) is 19.2. The highest BCUT2D eigenvalue weighted by molar-refractivity contribution is 5.70. The molecule has 0 bridgehead atoms. The summed E-state index contributed by atoms with van der Waals surface area (Å²) in [5.74, 6) is -0.0303. The second-order valence-corrected chi connectivity index (χ2v) is 9.78. The Hall–Kier alpha value is -2.60. The van der Waals surface area contributed by atoms with Crippen LogP contribution in [0.15, 0.2) is 42.5 Å². The molecule has 1 saturated heterocycles. The molecule has 2 aliphatic heterocycles. The smallest absolute Gasteiger partial charge is 0.307 e. The van der Waals surface area contributed by atoms with Gasteiger partial charge >= 0.3 is 5.97 Å². The summed E-state index contributed by atoms with van der Waals surface area (Å²) < 4.78 is 32.1. The molecule has 2 aliphatic rings. The Morgan fingerprint density at radius 3 is 2.53 bits per heavy atom. The third-order valence-corrected chi connectivity index (χ3v) is 6.23. The molecule has 0 atom stereocenters. The summed E-state index contributed by atoms with van der Waals surface area (Å²) in [6.07, 6.45) is 2.13. The van der Waals surface area contributed by atoms with E-state index in [0.717, 1.165) is 37.1 Å². The molecule has 4 rings (SSSR count). The van der Waals surface area contributed by atoms with Crippen LogP contribution in [0.5, 0.6) is 11.5 Å². The molecule has 2 aromatic rings. The summed E-state index contributed by atoms with van der Waals surface area (Å²) in [4.78, 5) is 14.3. The van der Waals surface area contributed by atoms with Crippen LogP contribution in [-0.4, -0.2) is 42.7 Å². The van der Waals surface area contributed by atoms with Crippen LogP contribution in [0.1, 0.15) is 51.2 Å². The first-order chi connectivity index (χ1) is 15.3. The van der Waals surface area contributed by atoms with E-state index in [9.17, 15) is 4.79 Å². The summed E-state index contributed by atoms with van der Waals surface area (Å²) in [6, 6.07) is 13.4. The van der Waals surface area contributed by atoms with Gasteiger partial charge in [-0.2, -0.15) is 4.39 Å². The zero-order valence-corrected chi connectivity index (χ0v) is 19.2. The Morgan fingerprint density at radius 1 is 1.12 bits per heavy atom. The Labute approximate surface area is 189 Å². The monoisotopic (exact) mass is 441 g/mol. The Balaban J connectivity index is 1.35. The number of ether oxygens (including phenoxy) is 3. The van der Waals surface area contributed by atoms with Crippen molar-refractivity contribution in [1.82, 2.24) is 4.90 Å². The molecule has 1 spiro atoms. The van der Waals surface area contributed by atoms with Gasteiger partial charge in [-0.1, -0.05) is 36.4 Å². The second kappa shape index (κ2) is 9.10. The molecule has 0 saturated carbocycles. The number of piperidine rings is 1. The average molecular weight is 442 g/mol. The van der Waals surface area contributed by atoms with E-state index in [2.05, 4.69) is 4.90 Å². The lowest BCUT2D eigenvalue weighted by Gasteiger charge is -2.38. The molecule has 32 heavy (non-hydrogen) atoms. The number of halogens is 1. The first-order valence-corrected chi connectivity index (χ1v) is 11.3. The van der Waals surface area contributed by atoms with Gasteiger partial charge in [-0.25, -0.2) is 0 Å². The molecule has 0 amide bonds. The van der Waals surface area contributed by atoms with Crippen LogP contribution in [0, 0.1) is 5.82 Å². The van der Waals surface area contributed by atoms with Gasteiger partial charge in [-0.15, -0.1) is 0 Å². The van der Waals surface area contributed by atoms with E-state index in [-0.39, 0.29) is 17.1 Å². The molecule has 0 unspecified atom stereocenters. The SMILES string of the molecule is CC(C)(C)OC(=O)CCN1CCC2(CC1)COc1c2ccc(OCc2ccccc2)c1F. The van der Waals surface area contributed by atoms with E-state index >= 15 is 4.39 Å². The van der Waals surface area contributed by atoms with E-state index in [4.69, 9.17) is 14.2 Å². The maximum Gasteiger partial charge on any atom is 0.307 e. The minimum absolute atomic E-state index is 0.169. The predicted octanol–water partition coefficient (Wildman–Crippen LogP) is 4.86. The number of nitrogens with zero attached hydrogens (tertiary/aromatic N) is 1. The maximum atomic E-state index is 15.1. The average Bonchev–Trinajstić information content (AvgIpc) is 3.11. The quantitative estimate of drug-likeness (QED) is 0.599. The first-order valence-electron chi connectivity index (χ1n) is 11.3. The van der Waals surface area contributed by atoms with Crippen molar-refractivity contribution in [2.45, 2.75) is 57.7 Å². The van der Waals surface area contributed by atoms with Gasteiger partial charge in [-0.3, -0.25) is 4.79 Å². The van der Waals surface area contributed by atoms with Crippen molar-refractivity contribution in [3.8, 4) is 11.5 Å². The molecule has 172 valence electrons. The second-order valence-electron chi connectivity index (χ2n) is 9.78. The summed E-state index contributed by atoms with van der Waals surface area (Å²) in [5, 5.41) is 0. The van der Waals surface area contributed by atoms with Gasteiger partial charge in [0, 0.05) is 17.5 Å². The van der Waals surface area contributed by atoms with Crippen molar-refractivity contribution in [1.29, 1.82) is 0 Å². The van der Waals surface area contributed by atoms with Crippen molar-refractivity contribution in [3.63, 3.8) is 0 Å². The number of carbonyl (C=O) groups is 1. The van der Waals surface area contributed by atoms with Gasteiger partial charge in [0.25, 0.3) is 0 Å². The highest BCUT2D eigenvalue weighted by atomic mass is 19.1. The number of rotatable bonds is 6. The molecular weight excluding hydrogens is 409 g/mol. The van der Waals surface area contributed by atoms with E-state index in [1.54, 1.807) is 6.07 Å². The highest BCUT2D eigenvalue weighted by Crippen LogP contribution is 2.48. The molecule has 0 aliphatic carbocycles. The summed E-state index contributed by atoms with van der Waals surface area (Å²) >= 11 is 0. The van der Waals surface area contributed by atoms with Gasteiger partial charge in [0.15, 0.2) is 11.5 Å². The van der Waals surface area contributed by atoms with E-state index in [0.29, 0.717) is 31.9 Å². The number of carbonyl (C=O) groups excluding carboxylic acids is 1. The standard InChI is InChI=1S/C26H32FNO4/c1-25(2,3)32-22(29)11-14-28-15-12-26(13-16-28)18-31-24-20(26)9-10-21(23(24)27)30-17-19-7-5-4-6-8-19/h4-10H,11-18H2,1-3H3. The molecular formula is C26H32FNO4. The molecule has 2 heterocycles. The van der Waals surface area contributed by atoms with Gasteiger partial charge in [0.1, 0.15) is 12.2 Å². The van der Waals surface area contributed by atoms with Crippen LogP contribution in [-0.2, 0) is 21.6 Å². The minimum Gasteiger partial charge on any atom is -0.489 e. The fourth-order valence-corrected chi connectivity index (χ4v) is 4.49. The maximum absolute atomic E-state index is 15.1. The Morgan fingerprint density at radius 2 is 1.84 bits per heavy atom. The fourth-order valence-electron chi connectivity index (χ4n) is 4.49. The minimum atomic E-state index is -0.457. The predicted molar refractivity (Wildman–Crippen MR) is 120 cm³/mol. The highest BCUT2D eigenvalue weighted by Gasteiger charge is 2.44. The molecule has 0 radical (unpaired) electrons. The number of likely N-dealkylation sites (tertiary alicyclic amines) is 1. The zero-order chi connectivity index (χ0) is 22.8. The lowest BCUT2D eigenvalue weighted by Crippen LogP contribution is -2.44. The van der Waals surface area contributed by atoms with Gasteiger partial charge in [-0.05, 0) is 58.3 Å². The van der Waals surface area contributed by atoms with Crippen molar-refractivity contribution < 1.29 is 23.4 Å². The largest absolute Gasteiger partial charge is 0.489 e. The fraction of sp³-hybridized carbons (Fsp3) is 0.500. The number of benzene rings is 2. The van der Waals surface area contributed by atoms with Crippen LogP contribution in [0.3, 0.4) is 0 Å². The molecule has 6 heteroatoms. The normalized spacial score (nSPS) is 17.6. The van der Waals surface area contributed by atoms with Crippen LogP contribution < -0.4 is 9.47 Å². The lowest BCUT2D eigenvalue weighted by atomic mass is 9.74. The number of esters is 1. The number of hydrogen-bond donors (Lipinski definition) is 0. The molecule has 1 fully saturated rings. The number of hydrogen-bond acceptors (Lipinski definition) is 5. The molecule has 0 N–H and O–H groups in total. The summed E-state index contributed by atoms with van der Waals surface area (Å²) in [6.45, 7) is 8.81. The van der Waals surface area contributed by atoms with Crippen LogP contribution in [0.4, 0.5) is 4.39 Å². The summed E-state index contributed by atoms with van der Waals surface area (Å²) in [5.41, 5.74) is 1.30. The molecule has 5 nitrogen and oxygen atoms in total. The van der Waals surface area contributed by atoms with E-state index in [1.807, 2.05) is 57.2 Å². The van der Waals surface area contributed by atoms with Gasteiger partial charge in [0.05, 0.1) is 13.0 Å². The Bertz CT molecular complexity index is 946. The third kappa shape index (κ3) is 5.07. The van der Waals surface area contributed by atoms with Crippen molar-refractivity contribution in [2.75, 3.05) is 26.2 Å². The van der Waals surface area contributed by atoms with Crippen molar-refractivity contribution in [3.05, 3.63) is 59.4 Å². The van der Waals surface area contributed by atoms with Crippen LogP contribution >= 0.6 is 0 Å². The number of fused-ring (bicyclic) bond motifs is 2. The lowest BCUT2D eigenvalue weighted by molar-refractivity contribution is -0.155. The topological polar surface area (TPSA) is 48.0 Å². The summed E-state index contributed by atoms with van der Waals surface area (Å²) in [7, 11) is 0. The third-order valence-electron chi connectivity index (χ3n) is 6.23. The van der Waals surface area contributed by atoms with Crippen molar-refractivity contribution >= 4 is 5.97 Å². The van der Waals surface area contributed by atoms with Crippen molar-refractivity contribution in [2.24, 2.45) is 0 Å². The molecule has 2 aromatic carbocycles. The van der Waals surface area contributed by atoms with Gasteiger partial charge in [0.2, 0.25) is 5.82 Å². The van der Waals surface area contributed by atoms with E-state index < -0.39 is 11.4 Å². The van der Waals surface area contributed by atoms with Crippen LogP contribution in [0.2, 0.25) is 0 Å². The van der Waals surface area contributed by atoms with E-state index in [1.165, 1.54) is 0 Å². The first kappa shape index (κ1) is 22.6. The van der Waals surface area contributed by atoms with Gasteiger partial charge < -0.3 is 19.1 Å².